The molecular weight excluding hydrogens is 585 g/mol. The van der Waals surface area contributed by atoms with Gasteiger partial charge in [-0.3, -0.25) is 10.1 Å². The number of hydrogen-bond donors (Lipinski definition) is 3. The number of benzene rings is 1. The van der Waals surface area contributed by atoms with Crippen LogP contribution in [0.2, 0.25) is 0 Å². The number of piperidine rings is 1. The number of halogens is 3. The standard InChI is InChI=1S/C29H29F3N6O4S/c1-3-34-28(41)37-24-11-18(26-36-23(15-43-26)29(30,31)32)20(13-35-24)16-7-8-22-19(10-16)25(39)21(27(40)42-4-2)14-38(22)17-6-5-9-33-12-17/h7-8,10-11,13-15,17,33H,3-6,9,12H2,1-2H3,(H2,34,35,37,41). The van der Waals surface area contributed by atoms with Crippen molar-refractivity contribution in [1.82, 2.24) is 25.2 Å². The van der Waals surface area contributed by atoms with Crippen molar-refractivity contribution in [2.45, 2.75) is 38.9 Å². The Kier molecular flexibility index (Phi) is 8.78. The smallest absolute Gasteiger partial charge is 0.434 e. The summed E-state index contributed by atoms with van der Waals surface area (Å²) in [7, 11) is 0. The number of esters is 1. The zero-order chi connectivity index (χ0) is 30.7. The first-order valence-corrected chi connectivity index (χ1v) is 14.6. The lowest BCUT2D eigenvalue weighted by molar-refractivity contribution is -0.140. The number of urea groups is 1. The first kappa shape index (κ1) is 30.2. The van der Waals surface area contributed by atoms with E-state index < -0.39 is 29.3 Å². The molecule has 2 amide bonds. The molecule has 1 saturated heterocycles. The molecule has 1 unspecified atom stereocenters. The second kappa shape index (κ2) is 12.5. The normalized spacial score (nSPS) is 15.3. The van der Waals surface area contributed by atoms with Crippen LogP contribution in [0.1, 0.15) is 48.8 Å². The van der Waals surface area contributed by atoms with E-state index in [4.69, 9.17) is 4.74 Å². The number of pyridine rings is 2. The molecule has 43 heavy (non-hydrogen) atoms. The number of carbonyl (C=O) groups is 2. The van der Waals surface area contributed by atoms with Crippen molar-refractivity contribution < 1.29 is 27.5 Å². The van der Waals surface area contributed by atoms with Crippen molar-refractivity contribution in [3.63, 3.8) is 0 Å². The lowest BCUT2D eigenvalue weighted by atomic mass is 9.98. The maximum atomic E-state index is 13.6. The molecule has 1 aliphatic rings. The lowest BCUT2D eigenvalue weighted by Crippen LogP contribution is -2.33. The number of ether oxygens (including phenoxy) is 1. The highest BCUT2D eigenvalue weighted by Crippen LogP contribution is 2.39. The number of hydrogen-bond acceptors (Lipinski definition) is 8. The summed E-state index contributed by atoms with van der Waals surface area (Å²) in [6.45, 7) is 5.38. The average molecular weight is 615 g/mol. The average Bonchev–Trinajstić information content (AvgIpc) is 3.49. The van der Waals surface area contributed by atoms with Gasteiger partial charge in [-0.1, -0.05) is 6.07 Å². The molecule has 0 radical (unpaired) electrons. The lowest BCUT2D eigenvalue weighted by Gasteiger charge is -2.27. The van der Waals surface area contributed by atoms with Crippen LogP contribution in [0, 0.1) is 0 Å². The van der Waals surface area contributed by atoms with E-state index in [1.165, 1.54) is 12.3 Å². The van der Waals surface area contributed by atoms with Crippen molar-refractivity contribution in [2.24, 2.45) is 0 Å². The Bertz CT molecular complexity index is 1730. The van der Waals surface area contributed by atoms with E-state index in [0.29, 0.717) is 29.7 Å². The van der Waals surface area contributed by atoms with Gasteiger partial charge in [0.15, 0.2) is 5.69 Å². The van der Waals surface area contributed by atoms with Gasteiger partial charge in [0.1, 0.15) is 16.4 Å². The highest BCUT2D eigenvalue weighted by atomic mass is 32.1. The van der Waals surface area contributed by atoms with Crippen molar-refractivity contribution in [1.29, 1.82) is 0 Å². The predicted octanol–water partition coefficient (Wildman–Crippen LogP) is 5.45. The van der Waals surface area contributed by atoms with Crippen molar-refractivity contribution in [2.75, 3.05) is 31.6 Å². The minimum absolute atomic E-state index is 0.0103. The van der Waals surface area contributed by atoms with E-state index in [9.17, 15) is 27.6 Å². The summed E-state index contributed by atoms with van der Waals surface area (Å²) in [5, 5.41) is 9.70. The second-order valence-electron chi connectivity index (χ2n) is 9.87. The van der Waals surface area contributed by atoms with Crippen LogP contribution in [0.4, 0.5) is 23.8 Å². The summed E-state index contributed by atoms with van der Waals surface area (Å²) in [5.74, 6) is -0.631. The summed E-state index contributed by atoms with van der Waals surface area (Å²) in [5.41, 5.74) is 0.0656. The number of nitrogens with one attached hydrogen (secondary N) is 3. The van der Waals surface area contributed by atoms with Gasteiger partial charge in [-0.25, -0.2) is 19.6 Å². The zero-order valence-electron chi connectivity index (χ0n) is 23.4. The minimum Gasteiger partial charge on any atom is -0.462 e. The SMILES string of the molecule is CCNC(=O)Nc1cc(-c2nc(C(F)(F)F)cs2)c(-c2ccc3c(c2)c(=O)c(C(=O)OCC)cn3C2CCCNC2)cn1. The van der Waals surface area contributed by atoms with Crippen LogP contribution in [0.3, 0.4) is 0 Å². The monoisotopic (exact) mass is 614 g/mol. The maximum Gasteiger partial charge on any atom is 0.434 e. The van der Waals surface area contributed by atoms with Crippen LogP contribution < -0.4 is 21.4 Å². The fourth-order valence-corrected chi connectivity index (χ4v) is 5.89. The van der Waals surface area contributed by atoms with Gasteiger partial charge in [0.2, 0.25) is 5.43 Å². The molecule has 5 rings (SSSR count). The molecule has 10 nitrogen and oxygen atoms in total. The molecular formula is C29H29F3N6O4S. The maximum absolute atomic E-state index is 13.6. The first-order chi connectivity index (χ1) is 20.6. The number of anilines is 1. The van der Waals surface area contributed by atoms with E-state index in [-0.39, 0.29) is 40.0 Å². The summed E-state index contributed by atoms with van der Waals surface area (Å²) >= 11 is 0.795. The Morgan fingerprint density at radius 2 is 2.02 bits per heavy atom. The second-order valence-corrected chi connectivity index (χ2v) is 10.7. The molecule has 0 saturated carbocycles. The van der Waals surface area contributed by atoms with Crippen molar-refractivity contribution >= 4 is 40.1 Å². The molecule has 4 heterocycles. The molecule has 0 spiro atoms. The number of fused-ring (bicyclic) bond motifs is 1. The van der Waals surface area contributed by atoms with Crippen LogP contribution in [0.15, 0.2) is 46.8 Å². The molecule has 226 valence electrons. The summed E-state index contributed by atoms with van der Waals surface area (Å²) in [6, 6.07) is 6.00. The van der Waals surface area contributed by atoms with Gasteiger partial charge >= 0.3 is 18.2 Å². The molecule has 1 atom stereocenters. The van der Waals surface area contributed by atoms with E-state index in [1.807, 2.05) is 4.57 Å². The first-order valence-electron chi connectivity index (χ1n) is 13.8. The topological polar surface area (TPSA) is 127 Å². The predicted molar refractivity (Wildman–Crippen MR) is 157 cm³/mol. The van der Waals surface area contributed by atoms with Crippen LogP contribution in [-0.2, 0) is 10.9 Å². The largest absolute Gasteiger partial charge is 0.462 e. The zero-order valence-corrected chi connectivity index (χ0v) is 24.2. The van der Waals surface area contributed by atoms with E-state index in [1.54, 1.807) is 38.2 Å². The number of carbonyl (C=O) groups excluding carboxylic acids is 2. The van der Waals surface area contributed by atoms with Crippen LogP contribution >= 0.6 is 11.3 Å². The van der Waals surface area contributed by atoms with E-state index in [2.05, 4.69) is 25.9 Å². The Morgan fingerprint density at radius 1 is 1.21 bits per heavy atom. The summed E-state index contributed by atoms with van der Waals surface area (Å²) < 4.78 is 47.4. The van der Waals surface area contributed by atoms with Gasteiger partial charge in [-0.2, -0.15) is 13.2 Å². The highest BCUT2D eigenvalue weighted by molar-refractivity contribution is 7.13. The molecule has 1 aliphatic heterocycles. The van der Waals surface area contributed by atoms with Crippen molar-refractivity contribution in [3.05, 3.63) is 63.5 Å². The summed E-state index contributed by atoms with van der Waals surface area (Å²) in [6.07, 6.45) is 0.0727. The number of thiazole rings is 1. The van der Waals surface area contributed by atoms with Crippen molar-refractivity contribution in [3.8, 4) is 21.7 Å². The Labute approximate surface area is 248 Å². The Balaban J connectivity index is 1.69. The molecule has 4 aromatic rings. The van der Waals surface area contributed by atoms with Crippen LogP contribution in [0.5, 0.6) is 0 Å². The number of aromatic nitrogens is 3. The van der Waals surface area contributed by atoms with Crippen LogP contribution in [0.25, 0.3) is 32.6 Å². The fraction of sp³-hybridized carbons (Fsp3) is 0.345. The van der Waals surface area contributed by atoms with Gasteiger partial charge in [0, 0.05) is 53.4 Å². The van der Waals surface area contributed by atoms with E-state index >= 15 is 0 Å². The molecule has 3 N–H and O–H groups in total. The van der Waals surface area contributed by atoms with Crippen LogP contribution in [-0.4, -0.2) is 52.8 Å². The number of alkyl halides is 3. The van der Waals surface area contributed by atoms with Gasteiger partial charge in [-0.05, 0) is 57.0 Å². The highest BCUT2D eigenvalue weighted by Gasteiger charge is 2.34. The molecule has 1 aromatic carbocycles. The van der Waals surface area contributed by atoms with Gasteiger partial charge in [0.05, 0.1) is 12.1 Å². The summed E-state index contributed by atoms with van der Waals surface area (Å²) in [4.78, 5) is 46.7. The third kappa shape index (κ3) is 6.39. The Hall–Kier alpha value is -4.30. The third-order valence-corrected chi connectivity index (χ3v) is 7.89. The van der Waals surface area contributed by atoms with Gasteiger partial charge in [-0.15, -0.1) is 11.3 Å². The van der Waals surface area contributed by atoms with Gasteiger partial charge in [0.25, 0.3) is 0 Å². The molecule has 14 heteroatoms. The number of amides is 2. The third-order valence-electron chi connectivity index (χ3n) is 7.01. The Morgan fingerprint density at radius 3 is 2.70 bits per heavy atom. The fourth-order valence-electron chi connectivity index (χ4n) is 5.03. The quantitative estimate of drug-likeness (QED) is 0.236. The molecule has 0 bridgehead atoms. The molecule has 1 fully saturated rings. The molecule has 3 aromatic heterocycles. The van der Waals surface area contributed by atoms with Gasteiger partial charge < -0.3 is 19.9 Å². The minimum atomic E-state index is -4.64. The van der Waals surface area contributed by atoms with E-state index in [0.717, 1.165) is 36.1 Å². The number of rotatable bonds is 7. The number of nitrogens with zero attached hydrogens (tertiary/aromatic N) is 3. The molecule has 0 aliphatic carbocycles.